The monoisotopic (exact) mass is 222 g/mol. The summed E-state index contributed by atoms with van der Waals surface area (Å²) in [5, 5.41) is 3.33. The Morgan fingerprint density at radius 1 is 1.62 bits per heavy atom. The van der Waals surface area contributed by atoms with Gasteiger partial charge in [0, 0.05) is 29.5 Å². The van der Waals surface area contributed by atoms with Crippen molar-refractivity contribution in [3.63, 3.8) is 0 Å². The highest BCUT2D eigenvalue weighted by molar-refractivity contribution is 8.13. The summed E-state index contributed by atoms with van der Waals surface area (Å²) in [5.74, 6) is 0. The molecule has 0 aliphatic rings. The van der Waals surface area contributed by atoms with Crippen molar-refractivity contribution in [3.8, 4) is 0 Å². The molecule has 0 amide bonds. The fourth-order valence-corrected chi connectivity index (χ4v) is 1.99. The molecule has 1 aromatic rings. The lowest BCUT2D eigenvalue weighted by molar-refractivity contribution is 0.600. The highest BCUT2D eigenvalue weighted by Gasteiger charge is 2.23. The van der Waals surface area contributed by atoms with Crippen LogP contribution in [0.1, 0.15) is 23.4 Å². The zero-order valence-electron chi connectivity index (χ0n) is 7.65. The Labute approximate surface area is 81.9 Å². The molecular formula is C7H11ClN2O2S. The number of halogens is 1. The second kappa shape index (κ2) is 3.31. The first-order valence-corrected chi connectivity index (χ1v) is 6.13. The highest BCUT2D eigenvalue weighted by atomic mass is 35.7. The van der Waals surface area contributed by atoms with Crippen molar-refractivity contribution in [1.29, 1.82) is 0 Å². The summed E-state index contributed by atoms with van der Waals surface area (Å²) < 4.78 is 23.6. The predicted octanol–water partition coefficient (Wildman–Crippen LogP) is 1.36. The molecule has 0 radical (unpaired) electrons. The molecule has 1 atom stereocenters. The van der Waals surface area contributed by atoms with Gasteiger partial charge < -0.3 is 0 Å². The number of aryl methyl sites for hydroxylation is 2. The average molecular weight is 223 g/mol. The fraction of sp³-hybridized carbons (Fsp3) is 0.571. The second-order valence-corrected chi connectivity index (χ2v) is 5.91. The van der Waals surface area contributed by atoms with Crippen molar-refractivity contribution < 1.29 is 8.42 Å². The first kappa shape index (κ1) is 10.5. The molecule has 74 valence electrons. The van der Waals surface area contributed by atoms with Crippen LogP contribution in [-0.4, -0.2) is 18.2 Å². The second-order valence-electron chi connectivity index (χ2n) is 2.96. The maximum atomic E-state index is 11.0. The molecule has 1 rings (SSSR count). The van der Waals surface area contributed by atoms with Gasteiger partial charge in [-0.3, -0.25) is 4.68 Å². The Morgan fingerprint density at radius 2 is 2.15 bits per heavy atom. The lowest BCUT2D eigenvalue weighted by Crippen LogP contribution is -2.03. The Kier molecular flexibility index (Phi) is 2.68. The third-order valence-electron chi connectivity index (χ3n) is 1.91. The first-order valence-electron chi connectivity index (χ1n) is 3.76. The number of aromatic nitrogens is 2. The zero-order chi connectivity index (χ0) is 10.2. The minimum absolute atomic E-state index is 0.650. The van der Waals surface area contributed by atoms with Crippen molar-refractivity contribution in [2.75, 3.05) is 0 Å². The normalized spacial score (nSPS) is 14.5. The van der Waals surface area contributed by atoms with Gasteiger partial charge in [-0.25, -0.2) is 8.42 Å². The number of hydrogen-bond donors (Lipinski definition) is 0. The van der Waals surface area contributed by atoms with Crippen molar-refractivity contribution in [2.24, 2.45) is 7.05 Å². The van der Waals surface area contributed by atoms with Crippen LogP contribution in [0, 0.1) is 6.92 Å². The van der Waals surface area contributed by atoms with Crippen LogP contribution in [0.25, 0.3) is 0 Å². The molecule has 0 saturated heterocycles. The van der Waals surface area contributed by atoms with Crippen molar-refractivity contribution in [2.45, 2.75) is 19.1 Å². The van der Waals surface area contributed by atoms with E-state index in [1.54, 1.807) is 31.8 Å². The van der Waals surface area contributed by atoms with Gasteiger partial charge in [0.1, 0.15) is 5.25 Å². The van der Waals surface area contributed by atoms with Crippen molar-refractivity contribution in [1.82, 2.24) is 9.78 Å². The van der Waals surface area contributed by atoms with Crippen LogP contribution >= 0.6 is 10.7 Å². The van der Waals surface area contributed by atoms with Gasteiger partial charge in [-0.05, 0) is 13.8 Å². The van der Waals surface area contributed by atoms with E-state index in [2.05, 4.69) is 5.10 Å². The van der Waals surface area contributed by atoms with E-state index in [4.69, 9.17) is 10.7 Å². The van der Waals surface area contributed by atoms with E-state index in [0.29, 0.717) is 11.3 Å². The molecule has 1 unspecified atom stereocenters. The SMILES string of the molecule is Cc1nn(C)cc1C(C)S(=O)(=O)Cl. The van der Waals surface area contributed by atoms with Crippen LogP contribution < -0.4 is 0 Å². The molecule has 0 saturated carbocycles. The van der Waals surface area contributed by atoms with Crippen LogP contribution in [0.2, 0.25) is 0 Å². The van der Waals surface area contributed by atoms with Gasteiger partial charge in [0.2, 0.25) is 9.05 Å². The van der Waals surface area contributed by atoms with E-state index >= 15 is 0 Å². The van der Waals surface area contributed by atoms with E-state index < -0.39 is 14.3 Å². The summed E-state index contributed by atoms with van der Waals surface area (Å²) in [4.78, 5) is 0. The summed E-state index contributed by atoms with van der Waals surface area (Å²) in [6.45, 7) is 3.31. The fourth-order valence-electron chi connectivity index (χ4n) is 1.17. The summed E-state index contributed by atoms with van der Waals surface area (Å²) in [6, 6.07) is 0. The molecule has 0 aliphatic heterocycles. The van der Waals surface area contributed by atoms with Gasteiger partial charge in [0.25, 0.3) is 0 Å². The standard InChI is InChI=1S/C7H11ClN2O2S/c1-5-7(4-10(3)9-5)6(2)13(8,11)12/h4,6H,1-3H3. The Balaban J connectivity index is 3.16. The predicted molar refractivity (Wildman–Crippen MR) is 51.1 cm³/mol. The molecule has 0 spiro atoms. The molecule has 0 bridgehead atoms. The molecule has 0 aromatic carbocycles. The van der Waals surface area contributed by atoms with Crippen molar-refractivity contribution >= 4 is 19.7 Å². The maximum Gasteiger partial charge on any atom is 0.239 e. The van der Waals surface area contributed by atoms with E-state index in [1.807, 2.05) is 0 Å². The van der Waals surface area contributed by atoms with Crippen LogP contribution in [0.5, 0.6) is 0 Å². The van der Waals surface area contributed by atoms with Crippen LogP contribution in [0.15, 0.2) is 6.20 Å². The number of nitrogens with zero attached hydrogens (tertiary/aromatic N) is 2. The third kappa shape index (κ3) is 2.22. The van der Waals surface area contributed by atoms with Crippen LogP contribution in [-0.2, 0) is 16.1 Å². The quantitative estimate of drug-likeness (QED) is 0.710. The smallest absolute Gasteiger partial charge is 0.239 e. The first-order chi connectivity index (χ1) is 5.82. The molecule has 13 heavy (non-hydrogen) atoms. The molecule has 4 nitrogen and oxygen atoms in total. The molecular weight excluding hydrogens is 212 g/mol. The summed E-state index contributed by atoms with van der Waals surface area (Å²) in [6.07, 6.45) is 1.67. The minimum atomic E-state index is -3.55. The van der Waals surface area contributed by atoms with E-state index in [-0.39, 0.29) is 0 Å². The minimum Gasteiger partial charge on any atom is -0.275 e. The Morgan fingerprint density at radius 3 is 2.46 bits per heavy atom. The molecule has 1 heterocycles. The molecule has 0 aliphatic carbocycles. The molecule has 0 N–H and O–H groups in total. The Hall–Kier alpha value is -0.550. The lowest BCUT2D eigenvalue weighted by Gasteiger charge is -2.04. The molecule has 0 fully saturated rings. The van der Waals surface area contributed by atoms with E-state index in [0.717, 1.165) is 0 Å². The van der Waals surface area contributed by atoms with Gasteiger partial charge in [-0.2, -0.15) is 5.10 Å². The zero-order valence-corrected chi connectivity index (χ0v) is 9.22. The Bertz CT molecular complexity index is 410. The number of rotatable bonds is 2. The van der Waals surface area contributed by atoms with Gasteiger partial charge in [0.05, 0.1) is 5.69 Å². The number of hydrogen-bond acceptors (Lipinski definition) is 3. The van der Waals surface area contributed by atoms with E-state index in [9.17, 15) is 8.42 Å². The van der Waals surface area contributed by atoms with Crippen molar-refractivity contribution in [3.05, 3.63) is 17.5 Å². The highest BCUT2D eigenvalue weighted by Crippen LogP contribution is 2.26. The summed E-state index contributed by atoms with van der Waals surface area (Å²) in [5.41, 5.74) is 1.34. The van der Waals surface area contributed by atoms with Gasteiger partial charge in [-0.15, -0.1) is 0 Å². The lowest BCUT2D eigenvalue weighted by atomic mass is 10.2. The van der Waals surface area contributed by atoms with Gasteiger partial charge >= 0.3 is 0 Å². The van der Waals surface area contributed by atoms with E-state index in [1.165, 1.54) is 0 Å². The van der Waals surface area contributed by atoms with Crippen LogP contribution in [0.4, 0.5) is 0 Å². The maximum absolute atomic E-state index is 11.0. The summed E-state index contributed by atoms with van der Waals surface area (Å²) >= 11 is 0. The topological polar surface area (TPSA) is 52.0 Å². The summed E-state index contributed by atoms with van der Waals surface area (Å²) in [7, 11) is 3.43. The van der Waals surface area contributed by atoms with Crippen LogP contribution in [0.3, 0.4) is 0 Å². The van der Waals surface area contributed by atoms with Gasteiger partial charge in [-0.1, -0.05) is 0 Å². The largest absolute Gasteiger partial charge is 0.275 e. The van der Waals surface area contributed by atoms with Gasteiger partial charge in [0.15, 0.2) is 0 Å². The molecule has 6 heteroatoms. The average Bonchev–Trinajstić information content (AvgIpc) is 2.26. The molecule has 1 aromatic heterocycles. The third-order valence-corrected chi connectivity index (χ3v) is 3.81.